The Kier molecular flexibility index (Phi) is 5.89. The van der Waals surface area contributed by atoms with E-state index in [-0.39, 0.29) is 28.8 Å². The molecule has 1 fully saturated rings. The highest BCUT2D eigenvalue weighted by Crippen LogP contribution is 2.45. The summed E-state index contributed by atoms with van der Waals surface area (Å²) in [5, 5.41) is 5.68. The van der Waals surface area contributed by atoms with Gasteiger partial charge in [-0.1, -0.05) is 19.1 Å². The molecule has 1 aromatic carbocycles. The van der Waals surface area contributed by atoms with Crippen LogP contribution in [0.3, 0.4) is 0 Å². The average molecular weight is 491 g/mol. The Bertz CT molecular complexity index is 1180. The summed E-state index contributed by atoms with van der Waals surface area (Å²) >= 11 is 1.45. The SMILES string of the molecule is CC1CC(C)(Cc2nc(Nc3nccs3)ccc2F)CCN1Cc1cccc2c1OC(F)(F)O2. The monoisotopic (exact) mass is 490 g/mol. The van der Waals surface area contributed by atoms with Gasteiger partial charge in [0.15, 0.2) is 16.6 Å². The highest BCUT2D eigenvalue weighted by Gasteiger charge is 2.45. The van der Waals surface area contributed by atoms with Crippen molar-refractivity contribution < 1.29 is 22.6 Å². The standard InChI is InChI=1S/C24H25F3N4O2S/c1-15-12-23(2,13-18-17(25)6-7-20(29-18)30-22-28-9-11-34-22)8-10-31(15)14-16-4-3-5-19-21(16)33-24(26,27)32-19/h3-7,9,11,15H,8,10,12-14H2,1-2H3,(H,28,29,30). The molecule has 0 bridgehead atoms. The van der Waals surface area contributed by atoms with Crippen molar-refractivity contribution in [3.63, 3.8) is 0 Å². The minimum absolute atomic E-state index is 0.0600. The number of fused-ring (bicyclic) bond motifs is 1. The molecule has 4 heterocycles. The van der Waals surface area contributed by atoms with Gasteiger partial charge in [-0.05, 0) is 56.3 Å². The number of halogens is 3. The number of thiazole rings is 1. The van der Waals surface area contributed by atoms with Crippen molar-refractivity contribution in [2.75, 3.05) is 11.9 Å². The Morgan fingerprint density at radius 1 is 1.24 bits per heavy atom. The van der Waals surface area contributed by atoms with Gasteiger partial charge < -0.3 is 14.8 Å². The maximum Gasteiger partial charge on any atom is 0.586 e. The van der Waals surface area contributed by atoms with Crippen molar-refractivity contribution in [3.05, 3.63) is 59.0 Å². The molecule has 0 aliphatic carbocycles. The third-order valence-electron chi connectivity index (χ3n) is 6.48. The van der Waals surface area contributed by atoms with E-state index in [4.69, 9.17) is 4.74 Å². The second kappa shape index (κ2) is 8.74. The number of rotatable bonds is 6. The average Bonchev–Trinajstić information content (AvgIpc) is 3.39. The Labute approximate surface area is 199 Å². The van der Waals surface area contributed by atoms with Crippen LogP contribution in [0, 0.1) is 11.2 Å². The van der Waals surface area contributed by atoms with Gasteiger partial charge >= 0.3 is 6.29 Å². The predicted molar refractivity (Wildman–Crippen MR) is 123 cm³/mol. The molecule has 5 rings (SSSR count). The maximum atomic E-state index is 14.6. The summed E-state index contributed by atoms with van der Waals surface area (Å²) in [6, 6.07) is 8.17. The van der Waals surface area contributed by atoms with E-state index in [1.165, 1.54) is 23.5 Å². The van der Waals surface area contributed by atoms with E-state index in [0.29, 0.717) is 35.2 Å². The van der Waals surface area contributed by atoms with Gasteiger partial charge in [0.1, 0.15) is 11.6 Å². The van der Waals surface area contributed by atoms with Gasteiger partial charge in [0.2, 0.25) is 0 Å². The zero-order chi connectivity index (χ0) is 23.9. The molecule has 1 saturated heterocycles. The third kappa shape index (κ3) is 4.83. The quantitative estimate of drug-likeness (QED) is 0.459. The first-order valence-corrected chi connectivity index (χ1v) is 12.0. The van der Waals surface area contributed by atoms with E-state index >= 15 is 0 Å². The number of likely N-dealkylation sites (tertiary alicyclic amines) is 1. The molecular weight excluding hydrogens is 465 g/mol. The first-order chi connectivity index (χ1) is 16.2. The molecule has 2 aliphatic rings. The number of ether oxygens (including phenoxy) is 2. The zero-order valence-electron chi connectivity index (χ0n) is 18.9. The molecule has 1 N–H and O–H groups in total. The minimum atomic E-state index is -3.63. The fourth-order valence-electron chi connectivity index (χ4n) is 4.82. The summed E-state index contributed by atoms with van der Waals surface area (Å²) in [7, 11) is 0. The third-order valence-corrected chi connectivity index (χ3v) is 7.17. The number of aromatic nitrogens is 2. The number of hydrogen-bond acceptors (Lipinski definition) is 7. The van der Waals surface area contributed by atoms with Crippen molar-refractivity contribution in [1.82, 2.24) is 14.9 Å². The summed E-state index contributed by atoms with van der Waals surface area (Å²) in [5.74, 6) is 0.407. The molecule has 6 nitrogen and oxygen atoms in total. The van der Waals surface area contributed by atoms with Crippen LogP contribution < -0.4 is 14.8 Å². The van der Waals surface area contributed by atoms with Crippen LogP contribution in [-0.2, 0) is 13.0 Å². The summed E-state index contributed by atoms with van der Waals surface area (Å²) in [6.07, 6.45) is 0.215. The zero-order valence-corrected chi connectivity index (χ0v) is 19.7. The molecule has 0 saturated carbocycles. The van der Waals surface area contributed by atoms with Crippen LogP contribution in [0.5, 0.6) is 11.5 Å². The summed E-state index contributed by atoms with van der Waals surface area (Å²) in [6.45, 7) is 5.48. The lowest BCUT2D eigenvalue weighted by Gasteiger charge is -2.44. The number of benzene rings is 1. The number of anilines is 2. The minimum Gasteiger partial charge on any atom is -0.395 e. The Morgan fingerprint density at radius 2 is 2.09 bits per heavy atom. The fourth-order valence-corrected chi connectivity index (χ4v) is 5.35. The number of pyridine rings is 1. The van der Waals surface area contributed by atoms with Gasteiger partial charge in [0, 0.05) is 29.7 Å². The van der Waals surface area contributed by atoms with E-state index in [2.05, 4.69) is 38.8 Å². The van der Waals surface area contributed by atoms with Crippen molar-refractivity contribution in [1.29, 1.82) is 0 Å². The van der Waals surface area contributed by atoms with Crippen LogP contribution in [0.25, 0.3) is 0 Å². The van der Waals surface area contributed by atoms with Gasteiger partial charge in [-0.3, -0.25) is 4.90 Å². The van der Waals surface area contributed by atoms with Crippen LogP contribution >= 0.6 is 11.3 Å². The normalized spacial score (nSPS) is 23.7. The Hall–Kier alpha value is -2.85. The Morgan fingerprint density at radius 3 is 2.85 bits per heavy atom. The highest BCUT2D eigenvalue weighted by atomic mass is 32.1. The van der Waals surface area contributed by atoms with Gasteiger partial charge in [0.05, 0.1) is 5.69 Å². The second-order valence-electron chi connectivity index (χ2n) is 9.26. The van der Waals surface area contributed by atoms with Gasteiger partial charge in [0.25, 0.3) is 0 Å². The molecule has 3 aromatic rings. The molecule has 2 unspecified atom stereocenters. The highest BCUT2D eigenvalue weighted by molar-refractivity contribution is 7.13. The molecule has 2 aliphatic heterocycles. The molecule has 10 heteroatoms. The first kappa shape index (κ1) is 22.9. The van der Waals surface area contributed by atoms with Crippen molar-refractivity contribution in [2.45, 2.75) is 52.0 Å². The van der Waals surface area contributed by atoms with Gasteiger partial charge in [-0.2, -0.15) is 0 Å². The fraction of sp³-hybridized carbons (Fsp3) is 0.417. The number of alkyl halides is 2. The number of piperidine rings is 1. The first-order valence-electron chi connectivity index (χ1n) is 11.1. The molecule has 34 heavy (non-hydrogen) atoms. The van der Waals surface area contributed by atoms with E-state index in [1.54, 1.807) is 24.4 Å². The number of nitrogens with zero attached hydrogens (tertiary/aromatic N) is 3. The summed E-state index contributed by atoms with van der Waals surface area (Å²) in [4.78, 5) is 10.9. The molecule has 0 spiro atoms. The van der Waals surface area contributed by atoms with Crippen molar-refractivity contribution in [3.8, 4) is 11.5 Å². The van der Waals surface area contributed by atoms with Crippen molar-refractivity contribution >= 4 is 22.3 Å². The topological polar surface area (TPSA) is 59.5 Å². The lowest BCUT2D eigenvalue weighted by Crippen LogP contribution is -2.45. The molecular formula is C24H25F3N4O2S. The van der Waals surface area contributed by atoms with Crippen LogP contribution in [0.4, 0.5) is 24.1 Å². The lowest BCUT2D eigenvalue weighted by atomic mass is 9.74. The molecule has 180 valence electrons. The Balaban J connectivity index is 1.26. The van der Waals surface area contributed by atoms with E-state index in [1.807, 2.05) is 5.38 Å². The number of hydrogen-bond donors (Lipinski definition) is 1. The van der Waals surface area contributed by atoms with Gasteiger partial charge in [-0.25, -0.2) is 14.4 Å². The largest absolute Gasteiger partial charge is 0.586 e. The molecule has 2 aromatic heterocycles. The van der Waals surface area contributed by atoms with Crippen molar-refractivity contribution in [2.24, 2.45) is 5.41 Å². The van der Waals surface area contributed by atoms with E-state index < -0.39 is 6.29 Å². The number of nitrogens with one attached hydrogen (secondary N) is 1. The molecule has 0 radical (unpaired) electrons. The van der Waals surface area contributed by atoms with Crippen LogP contribution in [-0.4, -0.2) is 33.7 Å². The van der Waals surface area contributed by atoms with Crippen LogP contribution in [0.15, 0.2) is 41.9 Å². The lowest BCUT2D eigenvalue weighted by molar-refractivity contribution is -0.287. The maximum absolute atomic E-state index is 14.6. The summed E-state index contributed by atoms with van der Waals surface area (Å²) < 4.78 is 51.0. The summed E-state index contributed by atoms with van der Waals surface area (Å²) in [5.41, 5.74) is 0.951. The van der Waals surface area contributed by atoms with Gasteiger partial charge in [-0.15, -0.1) is 20.1 Å². The molecule has 0 amide bonds. The van der Waals surface area contributed by atoms with Crippen LogP contribution in [0.2, 0.25) is 0 Å². The van der Waals surface area contributed by atoms with E-state index in [9.17, 15) is 13.2 Å². The second-order valence-corrected chi connectivity index (χ2v) is 10.2. The molecule has 2 atom stereocenters. The predicted octanol–water partition coefficient (Wildman–Crippen LogP) is 5.98. The van der Waals surface area contributed by atoms with E-state index in [0.717, 1.165) is 19.4 Å². The van der Waals surface area contributed by atoms with Crippen LogP contribution in [0.1, 0.15) is 37.9 Å². The smallest absolute Gasteiger partial charge is 0.395 e. The number of para-hydroxylation sites is 1.